The van der Waals surface area contributed by atoms with Gasteiger partial charge in [0, 0.05) is 53.3 Å². The smallest absolute Gasteiger partial charge is 0.348 e. The van der Waals surface area contributed by atoms with Gasteiger partial charge in [-0.15, -0.1) is 0 Å². The molecule has 310 valence electrons. The fraction of sp³-hybridized carbons (Fsp3) is 0.250. The lowest BCUT2D eigenvalue weighted by Gasteiger charge is -2.09. The van der Waals surface area contributed by atoms with Gasteiger partial charge in [0.2, 0.25) is 11.6 Å². The molecule has 0 unspecified atom stereocenters. The lowest BCUT2D eigenvalue weighted by Crippen LogP contribution is -2.13. The van der Waals surface area contributed by atoms with Crippen molar-refractivity contribution >= 4 is 68.6 Å². The molecule has 61 heavy (non-hydrogen) atoms. The van der Waals surface area contributed by atoms with Crippen LogP contribution in [0.15, 0.2) is 97.3 Å². The molecule has 0 aliphatic heterocycles. The van der Waals surface area contributed by atoms with Crippen LogP contribution in [0, 0.1) is 47.9 Å². The fourth-order valence-corrected chi connectivity index (χ4v) is 7.81. The molecule has 0 saturated heterocycles. The van der Waals surface area contributed by atoms with Gasteiger partial charge in [0.25, 0.3) is 0 Å². The number of aromatic nitrogens is 5. The molecule has 0 aliphatic rings. The number of hydrogen-bond acceptors (Lipinski definition) is 8. The van der Waals surface area contributed by atoms with E-state index in [0.717, 1.165) is 71.1 Å². The summed E-state index contributed by atoms with van der Waals surface area (Å²) in [5, 5.41) is 26.1. The molecular formula is C48H47N7O6. The second-order valence-electron chi connectivity index (χ2n) is 15.4. The maximum absolute atomic E-state index is 14.3. The van der Waals surface area contributed by atoms with Crippen LogP contribution in [0.2, 0.25) is 0 Å². The maximum atomic E-state index is 14.3. The standard InChI is InChI=1S/C48H47N7O6/c1-6-7-8-9-10-11-24-51-41-22-16-35(27-43(47(56)37-18-12-31(2)13-19-37)52-33(4)49-29-45(52)54(58)59)25-39(41)40-26-36(17-23-42(40)51)28-44(48(57)38-20-14-32(3)15-21-38)53-34(5)50-30-46(53)55(60)61/h12-23,25-30H,6-11,24H2,1-5H3/b43-27-,44-28-. The lowest BCUT2D eigenvalue weighted by molar-refractivity contribution is -0.391. The molecule has 7 rings (SSSR count). The van der Waals surface area contributed by atoms with Crippen molar-refractivity contribution in [2.24, 2.45) is 0 Å². The van der Waals surface area contributed by atoms with Crippen LogP contribution in [-0.4, -0.2) is 45.1 Å². The van der Waals surface area contributed by atoms with Gasteiger partial charge in [0.05, 0.1) is 0 Å². The molecule has 7 aromatic rings. The van der Waals surface area contributed by atoms with Gasteiger partial charge in [-0.2, -0.15) is 9.13 Å². The van der Waals surface area contributed by atoms with E-state index in [-0.39, 0.29) is 34.7 Å². The number of carbonyl (C=O) groups is 2. The molecule has 3 heterocycles. The van der Waals surface area contributed by atoms with Crippen molar-refractivity contribution < 1.29 is 19.4 Å². The Balaban J connectivity index is 1.42. The molecule has 0 saturated carbocycles. The van der Waals surface area contributed by atoms with Crippen LogP contribution in [0.1, 0.15) is 100 Å². The Bertz CT molecular complexity index is 2690. The minimum atomic E-state index is -0.553. The van der Waals surface area contributed by atoms with E-state index < -0.39 is 21.4 Å². The van der Waals surface area contributed by atoms with E-state index in [9.17, 15) is 29.8 Å². The highest BCUT2D eigenvalue weighted by atomic mass is 16.6. The maximum Gasteiger partial charge on any atom is 0.348 e. The highest BCUT2D eigenvalue weighted by molar-refractivity contribution is 6.29. The summed E-state index contributed by atoms with van der Waals surface area (Å²) in [4.78, 5) is 60.2. The zero-order chi connectivity index (χ0) is 43.4. The Hall–Kier alpha value is -7.28. The Labute approximate surface area is 353 Å². The predicted molar refractivity (Wildman–Crippen MR) is 239 cm³/mol. The van der Waals surface area contributed by atoms with E-state index in [1.54, 1.807) is 50.3 Å². The van der Waals surface area contributed by atoms with E-state index in [2.05, 4.69) is 21.5 Å². The highest BCUT2D eigenvalue weighted by Crippen LogP contribution is 2.35. The van der Waals surface area contributed by atoms with Crippen LogP contribution < -0.4 is 0 Å². The van der Waals surface area contributed by atoms with E-state index in [1.165, 1.54) is 28.4 Å². The van der Waals surface area contributed by atoms with Gasteiger partial charge < -0.3 is 24.8 Å². The summed E-state index contributed by atoms with van der Waals surface area (Å²) >= 11 is 0. The number of Topliss-reactive ketones (excluding diaryl/α,β-unsaturated/α-hetero) is 2. The van der Waals surface area contributed by atoms with Crippen molar-refractivity contribution in [3.05, 3.63) is 163 Å². The fourth-order valence-electron chi connectivity index (χ4n) is 7.81. The van der Waals surface area contributed by atoms with Crippen LogP contribution in [0.25, 0.3) is 45.4 Å². The zero-order valence-electron chi connectivity index (χ0n) is 34.9. The molecule has 3 aromatic heterocycles. The number of rotatable bonds is 17. The van der Waals surface area contributed by atoms with Crippen LogP contribution in [0.3, 0.4) is 0 Å². The van der Waals surface area contributed by atoms with Crippen molar-refractivity contribution in [1.29, 1.82) is 0 Å². The normalized spacial score (nSPS) is 12.1. The van der Waals surface area contributed by atoms with Crippen molar-refractivity contribution in [1.82, 2.24) is 23.7 Å². The Morgan fingerprint density at radius 1 is 0.590 bits per heavy atom. The summed E-state index contributed by atoms with van der Waals surface area (Å²) in [6, 6.07) is 25.8. The second-order valence-corrected chi connectivity index (χ2v) is 15.4. The topological polar surface area (TPSA) is 161 Å². The zero-order valence-corrected chi connectivity index (χ0v) is 34.9. The number of nitro groups is 2. The quantitative estimate of drug-likeness (QED) is 0.0288. The summed E-state index contributed by atoms with van der Waals surface area (Å²) in [5.74, 6) is -0.899. The number of carbonyl (C=O) groups excluding carboxylic acids is 2. The third kappa shape index (κ3) is 8.72. The average molecular weight is 818 g/mol. The molecule has 0 bridgehead atoms. The Kier molecular flexibility index (Phi) is 12.3. The molecule has 0 fully saturated rings. The van der Waals surface area contributed by atoms with Crippen molar-refractivity contribution in [3.63, 3.8) is 0 Å². The second kappa shape index (κ2) is 17.9. The molecule has 0 atom stereocenters. The van der Waals surface area contributed by atoms with Gasteiger partial charge in [-0.3, -0.25) is 9.59 Å². The summed E-state index contributed by atoms with van der Waals surface area (Å²) in [5.41, 5.74) is 5.98. The third-order valence-corrected chi connectivity index (χ3v) is 11.0. The number of unbranched alkanes of at least 4 members (excludes halogenated alkanes) is 5. The van der Waals surface area contributed by atoms with Crippen molar-refractivity contribution in [3.8, 4) is 0 Å². The van der Waals surface area contributed by atoms with Gasteiger partial charge in [-0.25, -0.2) is 9.97 Å². The van der Waals surface area contributed by atoms with Gasteiger partial charge in [-0.1, -0.05) is 111 Å². The third-order valence-electron chi connectivity index (χ3n) is 11.0. The molecule has 0 radical (unpaired) electrons. The lowest BCUT2D eigenvalue weighted by atomic mass is 10.0. The first kappa shape index (κ1) is 41.9. The number of fused-ring (bicyclic) bond motifs is 3. The van der Waals surface area contributed by atoms with E-state index in [1.807, 2.05) is 74.5 Å². The predicted octanol–water partition coefficient (Wildman–Crippen LogP) is 11.4. The first-order valence-electron chi connectivity index (χ1n) is 20.5. The van der Waals surface area contributed by atoms with E-state index in [4.69, 9.17) is 0 Å². The highest BCUT2D eigenvalue weighted by Gasteiger charge is 2.29. The molecule has 0 amide bonds. The van der Waals surface area contributed by atoms with Crippen LogP contribution in [0.5, 0.6) is 0 Å². The minimum absolute atomic E-state index is 0.0703. The molecule has 13 nitrogen and oxygen atoms in total. The monoisotopic (exact) mass is 817 g/mol. The van der Waals surface area contributed by atoms with Gasteiger partial charge in [0.1, 0.15) is 12.4 Å². The average Bonchev–Trinajstić information content (AvgIpc) is 3.92. The molecule has 4 aromatic carbocycles. The molecule has 0 N–H and O–H groups in total. The molecule has 13 heteroatoms. The number of benzene rings is 4. The summed E-state index contributed by atoms with van der Waals surface area (Å²) in [6.07, 6.45) is 12.3. The van der Waals surface area contributed by atoms with E-state index >= 15 is 0 Å². The van der Waals surface area contributed by atoms with Gasteiger partial charge in [0.15, 0.2) is 23.0 Å². The SMILES string of the molecule is CCCCCCCCn1c2ccc(/C=C(/C(=O)c3ccc(C)cc3)n3c([N+](=O)[O-])cnc3C)cc2c2cc(/C=C(/C(=O)c3ccc(C)cc3)n3c([N+](=O)[O-])cnc3C)ccc21. The van der Waals surface area contributed by atoms with Crippen LogP contribution in [-0.2, 0) is 6.54 Å². The van der Waals surface area contributed by atoms with Gasteiger partial charge in [-0.05, 0) is 77.7 Å². The number of allylic oxidation sites excluding steroid dienone is 2. The van der Waals surface area contributed by atoms with Crippen molar-refractivity contribution in [2.45, 2.75) is 79.7 Å². The van der Waals surface area contributed by atoms with Crippen molar-refractivity contribution in [2.75, 3.05) is 0 Å². The number of aryl methyl sites for hydroxylation is 5. The van der Waals surface area contributed by atoms with E-state index in [0.29, 0.717) is 22.3 Å². The largest absolute Gasteiger partial charge is 0.358 e. The number of ketones is 2. The van der Waals surface area contributed by atoms with Crippen LogP contribution >= 0.6 is 0 Å². The molecule has 0 spiro atoms. The summed E-state index contributed by atoms with van der Waals surface area (Å²) < 4.78 is 4.83. The number of nitrogens with zero attached hydrogens (tertiary/aromatic N) is 7. The number of hydrogen-bond donors (Lipinski definition) is 0. The van der Waals surface area contributed by atoms with Gasteiger partial charge >= 0.3 is 11.6 Å². The molecular weight excluding hydrogens is 771 g/mol. The summed E-state index contributed by atoms with van der Waals surface area (Å²) in [7, 11) is 0. The Morgan fingerprint density at radius 2 is 1.00 bits per heavy atom. The Morgan fingerprint density at radius 3 is 1.41 bits per heavy atom. The number of imidazole rings is 2. The first-order valence-corrected chi connectivity index (χ1v) is 20.5. The minimum Gasteiger partial charge on any atom is -0.358 e. The first-order chi connectivity index (χ1) is 29.4. The molecule has 0 aliphatic carbocycles. The van der Waals surface area contributed by atoms with Crippen LogP contribution in [0.4, 0.5) is 11.6 Å². The summed E-state index contributed by atoms with van der Waals surface area (Å²) in [6.45, 7) is 10.0.